The topological polar surface area (TPSA) is 103 Å². The van der Waals surface area contributed by atoms with Gasteiger partial charge in [0.05, 0.1) is 5.60 Å². The fourth-order valence-corrected chi connectivity index (χ4v) is 1.67. The van der Waals surface area contributed by atoms with E-state index >= 15 is 0 Å². The van der Waals surface area contributed by atoms with E-state index < -0.39 is 5.60 Å². The smallest absolute Gasteiger partial charge is 0.231 e. The van der Waals surface area contributed by atoms with E-state index in [4.69, 9.17) is 5.73 Å². The van der Waals surface area contributed by atoms with Crippen LogP contribution in [0.5, 0.6) is 0 Å². The average molecular weight is 269 g/mol. The fourth-order valence-electron chi connectivity index (χ4n) is 1.67. The average Bonchev–Trinajstić information content (AvgIpc) is 2.24. The van der Waals surface area contributed by atoms with Gasteiger partial charge in [-0.15, -0.1) is 0 Å². The number of nitrogen functional groups attached to an aromatic ring is 1. The number of nitrogens with one attached hydrogen (secondary N) is 1. The molecule has 0 aliphatic rings. The van der Waals surface area contributed by atoms with Crippen LogP contribution >= 0.6 is 0 Å². The van der Waals surface area contributed by atoms with Crippen molar-refractivity contribution in [3.63, 3.8) is 0 Å². The summed E-state index contributed by atoms with van der Waals surface area (Å²) in [7, 11) is 7.45. The maximum atomic E-state index is 10.2. The number of aromatic nitrogens is 3. The van der Waals surface area contributed by atoms with Gasteiger partial charge in [-0.2, -0.15) is 15.0 Å². The van der Waals surface area contributed by atoms with Crippen molar-refractivity contribution < 1.29 is 5.11 Å². The lowest BCUT2D eigenvalue weighted by Gasteiger charge is -2.27. The zero-order valence-electron chi connectivity index (χ0n) is 12.2. The highest BCUT2D eigenvalue weighted by atomic mass is 16.3. The third-order valence-corrected chi connectivity index (χ3v) is 2.33. The van der Waals surface area contributed by atoms with Gasteiger partial charge in [0, 0.05) is 27.2 Å². The van der Waals surface area contributed by atoms with Gasteiger partial charge in [-0.05, 0) is 21.0 Å². The molecule has 1 heterocycles. The van der Waals surface area contributed by atoms with Crippen LogP contribution in [0, 0.1) is 0 Å². The monoisotopic (exact) mass is 269 g/mol. The molecule has 1 atom stereocenters. The van der Waals surface area contributed by atoms with Crippen LogP contribution in [-0.2, 0) is 0 Å². The molecular formula is C11H23N7O. The van der Waals surface area contributed by atoms with Gasteiger partial charge < -0.3 is 26.0 Å². The van der Waals surface area contributed by atoms with Crippen LogP contribution in [-0.4, -0.2) is 71.8 Å². The third-order valence-electron chi connectivity index (χ3n) is 2.33. The van der Waals surface area contributed by atoms with Crippen LogP contribution in [0.4, 0.5) is 17.8 Å². The SMILES string of the molecule is CN(C)CC(C)(O)CNc1nc(N)nc(N(C)C)n1. The molecule has 4 N–H and O–H groups in total. The highest BCUT2D eigenvalue weighted by Crippen LogP contribution is 2.11. The van der Waals surface area contributed by atoms with Crippen molar-refractivity contribution in [1.82, 2.24) is 19.9 Å². The molecule has 0 saturated heterocycles. The minimum absolute atomic E-state index is 0.147. The van der Waals surface area contributed by atoms with Crippen molar-refractivity contribution in [3.8, 4) is 0 Å². The number of aliphatic hydroxyl groups is 1. The Kier molecular flexibility index (Phi) is 4.84. The molecule has 1 aromatic rings. The lowest BCUT2D eigenvalue weighted by atomic mass is 10.1. The number of hydrogen-bond acceptors (Lipinski definition) is 8. The molecule has 0 bridgehead atoms. The van der Waals surface area contributed by atoms with Crippen molar-refractivity contribution in [3.05, 3.63) is 0 Å². The van der Waals surface area contributed by atoms with Gasteiger partial charge in [-0.25, -0.2) is 0 Å². The first-order valence-electron chi connectivity index (χ1n) is 5.99. The predicted octanol–water partition coefficient (Wildman–Crippen LogP) is -0.756. The van der Waals surface area contributed by atoms with Crippen LogP contribution in [0.25, 0.3) is 0 Å². The molecule has 1 unspecified atom stereocenters. The van der Waals surface area contributed by atoms with E-state index in [9.17, 15) is 5.11 Å². The van der Waals surface area contributed by atoms with E-state index in [0.29, 0.717) is 25.0 Å². The summed E-state index contributed by atoms with van der Waals surface area (Å²) in [6.07, 6.45) is 0. The highest BCUT2D eigenvalue weighted by molar-refractivity contribution is 5.40. The van der Waals surface area contributed by atoms with Gasteiger partial charge in [0.1, 0.15) is 0 Å². The van der Waals surface area contributed by atoms with Crippen molar-refractivity contribution in [1.29, 1.82) is 0 Å². The second kappa shape index (κ2) is 5.98. The molecule has 8 nitrogen and oxygen atoms in total. The van der Waals surface area contributed by atoms with Gasteiger partial charge >= 0.3 is 0 Å². The van der Waals surface area contributed by atoms with Gasteiger partial charge in [0.2, 0.25) is 17.8 Å². The maximum absolute atomic E-state index is 10.2. The van der Waals surface area contributed by atoms with E-state index in [1.54, 1.807) is 11.8 Å². The summed E-state index contributed by atoms with van der Waals surface area (Å²) < 4.78 is 0. The Morgan fingerprint density at radius 2 is 1.84 bits per heavy atom. The second-order valence-electron chi connectivity index (χ2n) is 5.30. The first kappa shape index (κ1) is 15.4. The number of nitrogens with zero attached hydrogens (tertiary/aromatic N) is 5. The molecule has 1 aromatic heterocycles. The number of hydrogen-bond donors (Lipinski definition) is 3. The Bertz CT molecular complexity index is 420. The van der Waals surface area contributed by atoms with Crippen LogP contribution < -0.4 is 16.0 Å². The molecule has 0 aliphatic carbocycles. The minimum Gasteiger partial charge on any atom is -0.387 e. The zero-order chi connectivity index (χ0) is 14.6. The molecule has 8 heteroatoms. The predicted molar refractivity (Wildman–Crippen MR) is 76.2 cm³/mol. The zero-order valence-corrected chi connectivity index (χ0v) is 12.2. The van der Waals surface area contributed by atoms with Crippen LogP contribution in [0.1, 0.15) is 6.92 Å². The largest absolute Gasteiger partial charge is 0.387 e. The molecule has 0 aromatic carbocycles. The van der Waals surface area contributed by atoms with E-state index in [1.165, 1.54) is 0 Å². The number of likely N-dealkylation sites (N-methyl/N-ethyl adjacent to an activating group) is 1. The van der Waals surface area contributed by atoms with Gasteiger partial charge in [-0.1, -0.05) is 0 Å². The van der Waals surface area contributed by atoms with Crippen molar-refractivity contribution in [2.24, 2.45) is 0 Å². The molecule has 0 amide bonds. The van der Waals surface area contributed by atoms with E-state index in [1.807, 2.05) is 33.1 Å². The standard InChI is InChI=1S/C11H23N7O/c1-11(19,7-17(2)3)6-13-9-14-8(12)15-10(16-9)18(4)5/h19H,6-7H2,1-5H3,(H3,12,13,14,15,16). The van der Waals surface area contributed by atoms with E-state index in [0.717, 1.165) is 0 Å². The molecule has 108 valence electrons. The summed E-state index contributed by atoms with van der Waals surface area (Å²) in [6.45, 7) is 2.60. The molecule has 19 heavy (non-hydrogen) atoms. The highest BCUT2D eigenvalue weighted by Gasteiger charge is 2.21. The Hall–Kier alpha value is -1.67. The quantitative estimate of drug-likeness (QED) is 0.619. The van der Waals surface area contributed by atoms with Crippen LogP contribution in [0.2, 0.25) is 0 Å². The number of anilines is 3. The summed E-state index contributed by atoms with van der Waals surface area (Å²) in [6, 6.07) is 0. The van der Waals surface area contributed by atoms with Crippen molar-refractivity contribution in [2.75, 3.05) is 57.2 Å². The third kappa shape index (κ3) is 5.23. The van der Waals surface area contributed by atoms with E-state index in [-0.39, 0.29) is 5.95 Å². The van der Waals surface area contributed by atoms with Crippen LogP contribution in [0.3, 0.4) is 0 Å². The fraction of sp³-hybridized carbons (Fsp3) is 0.727. The Morgan fingerprint density at radius 3 is 2.37 bits per heavy atom. The molecular weight excluding hydrogens is 246 g/mol. The van der Waals surface area contributed by atoms with E-state index in [2.05, 4.69) is 20.3 Å². The summed E-state index contributed by atoms with van der Waals surface area (Å²) >= 11 is 0. The van der Waals surface area contributed by atoms with Gasteiger partial charge in [-0.3, -0.25) is 0 Å². The molecule has 0 fully saturated rings. The summed E-state index contributed by atoms with van der Waals surface area (Å²) in [4.78, 5) is 15.8. The molecule has 1 rings (SSSR count). The second-order valence-corrected chi connectivity index (χ2v) is 5.30. The summed E-state index contributed by atoms with van der Waals surface area (Å²) in [5.74, 6) is 0.978. The van der Waals surface area contributed by atoms with Crippen molar-refractivity contribution >= 4 is 17.8 Å². The normalized spacial score (nSPS) is 14.3. The summed E-state index contributed by atoms with van der Waals surface area (Å²) in [5.41, 5.74) is 4.73. The van der Waals surface area contributed by atoms with Gasteiger partial charge in [0.25, 0.3) is 0 Å². The van der Waals surface area contributed by atoms with Gasteiger partial charge in [0.15, 0.2) is 0 Å². The minimum atomic E-state index is -0.886. The Balaban J connectivity index is 2.72. The summed E-state index contributed by atoms with van der Waals surface area (Å²) in [5, 5.41) is 13.2. The Morgan fingerprint density at radius 1 is 1.21 bits per heavy atom. The molecule has 0 radical (unpaired) electrons. The molecule has 0 aliphatic heterocycles. The maximum Gasteiger partial charge on any atom is 0.231 e. The lowest BCUT2D eigenvalue weighted by Crippen LogP contribution is -2.43. The number of nitrogens with two attached hydrogens (primary N) is 1. The van der Waals surface area contributed by atoms with Crippen LogP contribution in [0.15, 0.2) is 0 Å². The first-order chi connectivity index (χ1) is 8.69. The Labute approximate surface area is 113 Å². The van der Waals surface area contributed by atoms with Crippen molar-refractivity contribution in [2.45, 2.75) is 12.5 Å². The first-order valence-corrected chi connectivity index (χ1v) is 5.99. The lowest BCUT2D eigenvalue weighted by molar-refractivity contribution is 0.0458. The molecule has 0 spiro atoms. The molecule has 0 saturated carbocycles. The number of rotatable bonds is 6.